The maximum absolute atomic E-state index is 14.1. The van der Waals surface area contributed by atoms with Gasteiger partial charge in [-0.15, -0.1) is 0 Å². The Bertz CT molecular complexity index is 939. The van der Waals surface area contributed by atoms with E-state index in [1.165, 1.54) is 18.3 Å². The van der Waals surface area contributed by atoms with Crippen LogP contribution in [0.15, 0.2) is 23.2 Å². The second-order valence-corrected chi connectivity index (χ2v) is 7.62. The fourth-order valence-corrected chi connectivity index (χ4v) is 3.44. The van der Waals surface area contributed by atoms with Gasteiger partial charge in [-0.2, -0.15) is 4.98 Å². The summed E-state index contributed by atoms with van der Waals surface area (Å²) in [6, 6.07) is 4.06. The van der Waals surface area contributed by atoms with Gasteiger partial charge in [-0.1, -0.05) is 52.3 Å². The van der Waals surface area contributed by atoms with Crippen LogP contribution in [0.3, 0.4) is 0 Å². The van der Waals surface area contributed by atoms with Gasteiger partial charge in [0.1, 0.15) is 12.1 Å². The zero-order valence-corrected chi connectivity index (χ0v) is 21.4. The lowest BCUT2D eigenvalue weighted by molar-refractivity contribution is -0.108. The van der Waals surface area contributed by atoms with Gasteiger partial charge in [0.15, 0.2) is 5.82 Å². The zero-order chi connectivity index (χ0) is 26.2. The molecule has 1 aromatic carbocycles. The second kappa shape index (κ2) is 17.1. The van der Waals surface area contributed by atoms with E-state index in [-0.39, 0.29) is 16.9 Å². The van der Waals surface area contributed by atoms with Gasteiger partial charge in [-0.3, -0.25) is 0 Å². The molecular weight excluding hydrogens is 481 g/mol. The number of morpholine rings is 1. The van der Waals surface area contributed by atoms with Crippen molar-refractivity contribution in [2.24, 2.45) is 4.99 Å². The molecular formula is C25H34ClF3N4O2. The highest BCUT2D eigenvalue weighted by atomic mass is 35.5. The third-order valence-corrected chi connectivity index (χ3v) is 5.05. The predicted molar refractivity (Wildman–Crippen MR) is 134 cm³/mol. The number of aromatic nitrogens is 2. The molecule has 1 aliphatic heterocycles. The van der Waals surface area contributed by atoms with Crippen LogP contribution in [0.1, 0.15) is 69.3 Å². The van der Waals surface area contributed by atoms with E-state index in [4.69, 9.17) is 16.3 Å². The number of carbonyl (C=O) groups is 1. The van der Waals surface area contributed by atoms with Gasteiger partial charge >= 0.3 is 0 Å². The molecule has 0 radical (unpaired) electrons. The van der Waals surface area contributed by atoms with E-state index < -0.39 is 17.8 Å². The van der Waals surface area contributed by atoms with Gasteiger partial charge in [0.2, 0.25) is 5.28 Å². The predicted octanol–water partition coefficient (Wildman–Crippen LogP) is 6.06. The Morgan fingerprint density at radius 3 is 2.60 bits per heavy atom. The monoisotopic (exact) mass is 514 g/mol. The van der Waals surface area contributed by atoms with Crippen LogP contribution < -0.4 is 5.32 Å². The topological polar surface area (TPSA) is 76.5 Å². The molecule has 2 heterocycles. The van der Waals surface area contributed by atoms with Crippen molar-refractivity contribution in [1.29, 1.82) is 0 Å². The van der Waals surface area contributed by atoms with Gasteiger partial charge in [0.25, 0.3) is 6.43 Å². The fraction of sp³-hybridized carbons (Fsp3) is 0.520. The summed E-state index contributed by atoms with van der Waals surface area (Å²) in [6.45, 7) is 10.3. The molecule has 1 fully saturated rings. The highest BCUT2D eigenvalue weighted by molar-refractivity contribution is 6.28. The van der Waals surface area contributed by atoms with Crippen molar-refractivity contribution in [2.75, 3.05) is 19.8 Å². The lowest BCUT2D eigenvalue weighted by atomic mass is 10.1. The molecule has 1 aromatic heterocycles. The van der Waals surface area contributed by atoms with Crippen molar-refractivity contribution in [3.05, 3.63) is 51.7 Å². The van der Waals surface area contributed by atoms with Crippen LogP contribution in [-0.4, -0.2) is 48.3 Å². The standard InChI is InChI=1S/C17H17ClF3N3.C6H11NO2.C2H6/c1-3-6-13-11(4-2)16(24-17(18)23-13)22-9-10-7-5-8-12(14(10)19)15(20)21;8-3-1-6-5-9-4-2-7-6;1-2/h5,7-9,15H,3-4,6H2,1-2H3;3,6-7H,1-2,4-5H2;1-2H3. The van der Waals surface area contributed by atoms with E-state index in [2.05, 4.69) is 20.3 Å². The average Bonchev–Trinajstić information content (AvgIpc) is 2.86. The van der Waals surface area contributed by atoms with Gasteiger partial charge in [-0.25, -0.2) is 23.1 Å². The highest BCUT2D eigenvalue weighted by Gasteiger charge is 2.16. The van der Waals surface area contributed by atoms with Crippen LogP contribution in [0.2, 0.25) is 5.28 Å². The lowest BCUT2D eigenvalue weighted by Gasteiger charge is -2.21. The summed E-state index contributed by atoms with van der Waals surface area (Å²) < 4.78 is 44.7. The van der Waals surface area contributed by atoms with Crippen LogP contribution in [0, 0.1) is 5.82 Å². The first kappa shape index (κ1) is 30.7. The Balaban J connectivity index is 0.000000464. The van der Waals surface area contributed by atoms with E-state index in [1.807, 2.05) is 27.7 Å². The number of nitrogens with zero attached hydrogens (tertiary/aromatic N) is 3. The third kappa shape index (κ3) is 10.0. The number of halogens is 4. The van der Waals surface area contributed by atoms with Crippen molar-refractivity contribution in [2.45, 2.75) is 65.8 Å². The molecule has 3 rings (SSSR count). The zero-order valence-electron chi connectivity index (χ0n) is 20.7. The molecule has 1 aliphatic rings. The molecule has 1 N–H and O–H groups in total. The van der Waals surface area contributed by atoms with Gasteiger partial charge in [-0.05, 0) is 24.4 Å². The van der Waals surface area contributed by atoms with E-state index in [1.54, 1.807) is 0 Å². The fourth-order valence-electron chi connectivity index (χ4n) is 3.25. The van der Waals surface area contributed by atoms with Crippen molar-refractivity contribution < 1.29 is 22.7 Å². The third-order valence-electron chi connectivity index (χ3n) is 4.88. The number of alkyl halides is 2. The molecule has 0 amide bonds. The van der Waals surface area contributed by atoms with E-state index in [0.717, 1.165) is 49.6 Å². The summed E-state index contributed by atoms with van der Waals surface area (Å²) in [6.07, 6.45) is 2.05. The first-order valence-electron chi connectivity index (χ1n) is 11.8. The molecule has 0 saturated carbocycles. The largest absolute Gasteiger partial charge is 0.379 e. The number of hydrogen-bond donors (Lipinski definition) is 1. The summed E-state index contributed by atoms with van der Waals surface area (Å²) in [7, 11) is 0. The number of aliphatic imine (C=N–C) groups is 1. The Morgan fingerprint density at radius 1 is 1.29 bits per heavy atom. The minimum absolute atomic E-state index is 0.0263. The number of benzene rings is 1. The molecule has 0 aliphatic carbocycles. The second-order valence-electron chi connectivity index (χ2n) is 7.28. The Kier molecular flexibility index (Phi) is 15.0. The van der Waals surface area contributed by atoms with Crippen molar-refractivity contribution in [1.82, 2.24) is 15.3 Å². The van der Waals surface area contributed by atoms with Crippen molar-refractivity contribution in [3.8, 4) is 0 Å². The summed E-state index contributed by atoms with van der Waals surface area (Å²) in [5, 5.41) is 3.22. The number of hydrogen-bond acceptors (Lipinski definition) is 6. The van der Waals surface area contributed by atoms with Crippen LogP contribution in [0.4, 0.5) is 19.0 Å². The number of nitrogens with one attached hydrogen (secondary N) is 1. The number of carbonyl (C=O) groups excluding carboxylic acids is 1. The average molecular weight is 515 g/mol. The molecule has 10 heteroatoms. The molecule has 6 nitrogen and oxygen atoms in total. The maximum Gasteiger partial charge on any atom is 0.266 e. The normalized spacial score (nSPS) is 15.3. The minimum Gasteiger partial charge on any atom is -0.379 e. The van der Waals surface area contributed by atoms with E-state index >= 15 is 0 Å². The van der Waals surface area contributed by atoms with Crippen molar-refractivity contribution >= 4 is 29.9 Å². The van der Waals surface area contributed by atoms with Crippen LogP contribution in [0.25, 0.3) is 0 Å². The molecule has 194 valence electrons. The Morgan fingerprint density at radius 2 is 2.03 bits per heavy atom. The van der Waals surface area contributed by atoms with E-state index in [0.29, 0.717) is 25.3 Å². The lowest BCUT2D eigenvalue weighted by Crippen LogP contribution is -2.41. The smallest absolute Gasteiger partial charge is 0.266 e. The number of rotatable bonds is 8. The summed E-state index contributed by atoms with van der Waals surface area (Å²) >= 11 is 5.93. The highest BCUT2D eigenvalue weighted by Crippen LogP contribution is 2.26. The van der Waals surface area contributed by atoms with Crippen LogP contribution in [0.5, 0.6) is 0 Å². The Labute approximate surface area is 210 Å². The quantitative estimate of drug-likeness (QED) is 0.263. The number of aryl methyl sites for hydroxylation is 1. The van der Waals surface area contributed by atoms with Crippen LogP contribution in [-0.2, 0) is 22.4 Å². The molecule has 2 aromatic rings. The first-order chi connectivity index (χ1) is 16.9. The summed E-state index contributed by atoms with van der Waals surface area (Å²) in [5.41, 5.74) is 0.945. The number of aldehydes is 1. The summed E-state index contributed by atoms with van der Waals surface area (Å²) in [5.74, 6) is -0.647. The molecule has 0 bridgehead atoms. The molecule has 1 saturated heterocycles. The van der Waals surface area contributed by atoms with Gasteiger partial charge in [0, 0.05) is 36.3 Å². The molecule has 1 atom stereocenters. The summed E-state index contributed by atoms with van der Waals surface area (Å²) in [4.78, 5) is 22.4. The number of ether oxygens (including phenoxy) is 1. The molecule has 0 spiro atoms. The molecule has 1 unspecified atom stereocenters. The van der Waals surface area contributed by atoms with Crippen molar-refractivity contribution in [3.63, 3.8) is 0 Å². The first-order valence-corrected chi connectivity index (χ1v) is 12.2. The van der Waals surface area contributed by atoms with Crippen LogP contribution >= 0.6 is 11.6 Å². The van der Waals surface area contributed by atoms with Gasteiger partial charge in [0.05, 0.1) is 24.5 Å². The maximum atomic E-state index is 14.1. The Hall–Kier alpha value is -2.36. The van der Waals surface area contributed by atoms with E-state index in [9.17, 15) is 18.0 Å². The SMILES string of the molecule is CC.CCCc1nc(Cl)nc(N=Cc2cccc(C(F)F)c2F)c1CC.O=CCC1COCCN1. The van der Waals surface area contributed by atoms with Gasteiger partial charge < -0.3 is 14.8 Å². The minimum atomic E-state index is -2.88. The molecule has 35 heavy (non-hydrogen) atoms.